The molecule has 2 heterocycles. The molecule has 0 aromatic carbocycles. The van der Waals surface area contributed by atoms with Gasteiger partial charge in [0, 0.05) is 24.7 Å². The van der Waals surface area contributed by atoms with E-state index in [0.29, 0.717) is 5.92 Å². The molecule has 0 atom stereocenters. The lowest BCUT2D eigenvalue weighted by Gasteiger charge is -2.32. The van der Waals surface area contributed by atoms with Gasteiger partial charge in [0.05, 0.1) is 0 Å². The van der Waals surface area contributed by atoms with E-state index in [1.165, 1.54) is 0 Å². The van der Waals surface area contributed by atoms with Crippen LogP contribution in [0.15, 0.2) is 16.8 Å². The van der Waals surface area contributed by atoms with Crippen molar-refractivity contribution in [3.8, 4) is 0 Å². The third kappa shape index (κ3) is 2.19. The Labute approximate surface area is 90.0 Å². The van der Waals surface area contributed by atoms with Gasteiger partial charge in [0.1, 0.15) is 0 Å². The van der Waals surface area contributed by atoms with E-state index in [1.807, 2.05) is 6.92 Å². The second-order valence-electron chi connectivity index (χ2n) is 4.18. The fourth-order valence-corrected chi connectivity index (χ4v) is 1.99. The van der Waals surface area contributed by atoms with Crippen molar-refractivity contribution in [3.63, 3.8) is 0 Å². The Morgan fingerprint density at radius 2 is 2.13 bits per heavy atom. The monoisotopic (exact) mass is 207 g/mol. The zero-order valence-corrected chi connectivity index (χ0v) is 9.36. The van der Waals surface area contributed by atoms with E-state index in [9.17, 15) is 0 Å². The van der Waals surface area contributed by atoms with E-state index < -0.39 is 0 Å². The fraction of sp³-hybridized carbons (Fsp3) is 0.636. The minimum absolute atomic E-state index is 0.432. The summed E-state index contributed by atoms with van der Waals surface area (Å²) in [5.41, 5.74) is 1.15. The van der Waals surface area contributed by atoms with Crippen LogP contribution in [0.25, 0.3) is 0 Å². The smallest absolute Gasteiger partial charge is 0.229 e. The second kappa shape index (κ2) is 4.04. The number of hydrogen-bond donors (Lipinski definition) is 0. The number of piperidine rings is 1. The number of aromatic nitrogens is 2. The Kier molecular flexibility index (Phi) is 2.75. The van der Waals surface area contributed by atoms with Gasteiger partial charge in [0.2, 0.25) is 5.89 Å². The molecule has 0 radical (unpaired) electrons. The van der Waals surface area contributed by atoms with Crippen molar-refractivity contribution in [2.75, 3.05) is 13.1 Å². The first-order valence-corrected chi connectivity index (χ1v) is 5.37. The summed E-state index contributed by atoms with van der Waals surface area (Å²) in [6.45, 7) is 9.95. The van der Waals surface area contributed by atoms with Crippen LogP contribution in [-0.2, 0) is 0 Å². The van der Waals surface area contributed by atoms with Gasteiger partial charge in [-0.05, 0) is 26.7 Å². The minimum atomic E-state index is 0.432. The summed E-state index contributed by atoms with van der Waals surface area (Å²) in [5.74, 6) is 1.96. The molecule has 0 amide bonds. The summed E-state index contributed by atoms with van der Waals surface area (Å²) in [6.07, 6.45) is 2.16. The molecule has 0 bridgehead atoms. The molecule has 1 fully saturated rings. The third-order valence-electron chi connectivity index (χ3n) is 2.93. The molecule has 15 heavy (non-hydrogen) atoms. The topological polar surface area (TPSA) is 42.2 Å². The van der Waals surface area contributed by atoms with Crippen molar-refractivity contribution in [3.05, 3.63) is 24.0 Å². The first kappa shape index (κ1) is 10.2. The minimum Gasteiger partial charge on any atom is -0.375 e. The third-order valence-corrected chi connectivity index (χ3v) is 2.93. The Balaban J connectivity index is 1.96. The van der Waals surface area contributed by atoms with E-state index in [1.54, 1.807) is 0 Å². The Bertz CT molecular complexity index is 350. The number of hydrogen-bond acceptors (Lipinski definition) is 4. The summed E-state index contributed by atoms with van der Waals surface area (Å²) in [4.78, 5) is 6.59. The quantitative estimate of drug-likeness (QED) is 0.744. The van der Waals surface area contributed by atoms with Gasteiger partial charge in [-0.3, -0.25) is 0 Å². The molecular formula is C11H17N3O. The predicted molar refractivity (Wildman–Crippen MR) is 57.4 cm³/mol. The SMILES string of the molecule is C=C(C)N1CCC(c2nc(C)no2)CC1. The summed E-state index contributed by atoms with van der Waals surface area (Å²) in [5, 5.41) is 3.83. The Morgan fingerprint density at radius 1 is 1.47 bits per heavy atom. The first-order valence-electron chi connectivity index (χ1n) is 5.37. The molecule has 82 valence electrons. The van der Waals surface area contributed by atoms with E-state index in [2.05, 4.69) is 28.5 Å². The Morgan fingerprint density at radius 3 is 2.60 bits per heavy atom. The molecular weight excluding hydrogens is 190 g/mol. The first-order chi connectivity index (χ1) is 7.16. The molecule has 0 spiro atoms. The lowest BCUT2D eigenvalue weighted by molar-refractivity contribution is 0.234. The van der Waals surface area contributed by atoms with Crippen LogP contribution in [0.3, 0.4) is 0 Å². The predicted octanol–water partition coefficient (Wildman–Crippen LogP) is 2.09. The van der Waals surface area contributed by atoms with Crippen LogP contribution in [-0.4, -0.2) is 28.1 Å². The highest BCUT2D eigenvalue weighted by Crippen LogP contribution is 2.27. The molecule has 0 N–H and O–H groups in total. The number of nitrogens with zero attached hydrogens (tertiary/aromatic N) is 3. The van der Waals surface area contributed by atoms with Gasteiger partial charge in [-0.25, -0.2) is 0 Å². The molecule has 4 heteroatoms. The maximum absolute atomic E-state index is 5.20. The molecule has 1 saturated heterocycles. The highest BCUT2D eigenvalue weighted by molar-refractivity contribution is 4.99. The normalized spacial score (nSPS) is 18.1. The van der Waals surface area contributed by atoms with Gasteiger partial charge in [-0.15, -0.1) is 0 Å². The van der Waals surface area contributed by atoms with Crippen molar-refractivity contribution in [1.29, 1.82) is 0 Å². The zero-order valence-electron chi connectivity index (χ0n) is 9.36. The summed E-state index contributed by atoms with van der Waals surface area (Å²) in [6, 6.07) is 0. The second-order valence-corrected chi connectivity index (χ2v) is 4.18. The molecule has 1 aliphatic heterocycles. The average Bonchev–Trinajstić information content (AvgIpc) is 2.65. The van der Waals surface area contributed by atoms with Gasteiger partial charge in [0.25, 0.3) is 0 Å². The van der Waals surface area contributed by atoms with E-state index >= 15 is 0 Å². The van der Waals surface area contributed by atoms with Crippen molar-refractivity contribution in [2.24, 2.45) is 0 Å². The Hall–Kier alpha value is -1.32. The van der Waals surface area contributed by atoms with E-state index in [0.717, 1.165) is 43.3 Å². The summed E-state index contributed by atoms with van der Waals surface area (Å²) < 4.78 is 5.20. The zero-order chi connectivity index (χ0) is 10.8. The largest absolute Gasteiger partial charge is 0.375 e. The van der Waals surface area contributed by atoms with Crippen LogP contribution < -0.4 is 0 Å². The number of likely N-dealkylation sites (tertiary alicyclic amines) is 1. The van der Waals surface area contributed by atoms with Crippen LogP contribution in [0.4, 0.5) is 0 Å². The summed E-state index contributed by atoms with van der Waals surface area (Å²) >= 11 is 0. The lowest BCUT2D eigenvalue weighted by atomic mass is 9.96. The molecule has 2 rings (SSSR count). The molecule has 0 saturated carbocycles. The van der Waals surface area contributed by atoms with Crippen molar-refractivity contribution in [2.45, 2.75) is 32.6 Å². The molecule has 0 unspecified atom stereocenters. The van der Waals surface area contributed by atoms with Crippen molar-refractivity contribution in [1.82, 2.24) is 15.0 Å². The molecule has 4 nitrogen and oxygen atoms in total. The van der Waals surface area contributed by atoms with Crippen molar-refractivity contribution >= 4 is 0 Å². The molecule has 1 aliphatic rings. The average molecular weight is 207 g/mol. The number of rotatable bonds is 2. The molecule has 1 aromatic heterocycles. The summed E-state index contributed by atoms with van der Waals surface area (Å²) in [7, 11) is 0. The maximum Gasteiger partial charge on any atom is 0.229 e. The molecule has 1 aromatic rings. The van der Waals surface area contributed by atoms with Gasteiger partial charge < -0.3 is 9.42 Å². The number of aryl methyl sites for hydroxylation is 1. The van der Waals surface area contributed by atoms with Crippen LogP contribution in [0.5, 0.6) is 0 Å². The van der Waals surface area contributed by atoms with Crippen LogP contribution >= 0.6 is 0 Å². The van der Waals surface area contributed by atoms with Gasteiger partial charge in [-0.1, -0.05) is 11.7 Å². The number of allylic oxidation sites excluding steroid dienone is 1. The van der Waals surface area contributed by atoms with E-state index in [-0.39, 0.29) is 0 Å². The van der Waals surface area contributed by atoms with Crippen molar-refractivity contribution < 1.29 is 4.52 Å². The standard InChI is InChI=1S/C11H17N3O/c1-8(2)14-6-4-10(5-7-14)11-12-9(3)13-15-11/h10H,1,4-7H2,2-3H3. The maximum atomic E-state index is 5.20. The van der Waals surface area contributed by atoms with Crippen LogP contribution in [0.2, 0.25) is 0 Å². The van der Waals surface area contributed by atoms with Crippen LogP contribution in [0, 0.1) is 6.92 Å². The molecule has 0 aliphatic carbocycles. The van der Waals surface area contributed by atoms with Gasteiger partial charge in [-0.2, -0.15) is 4.98 Å². The lowest BCUT2D eigenvalue weighted by Crippen LogP contribution is -2.31. The fourth-order valence-electron chi connectivity index (χ4n) is 1.99. The highest BCUT2D eigenvalue weighted by atomic mass is 16.5. The van der Waals surface area contributed by atoms with E-state index in [4.69, 9.17) is 4.52 Å². The highest BCUT2D eigenvalue weighted by Gasteiger charge is 2.24. The van der Waals surface area contributed by atoms with Gasteiger partial charge in [0.15, 0.2) is 5.82 Å². The van der Waals surface area contributed by atoms with Gasteiger partial charge >= 0.3 is 0 Å². The van der Waals surface area contributed by atoms with Crippen LogP contribution in [0.1, 0.15) is 37.4 Å².